The Balaban J connectivity index is 1.36. The normalized spacial score (nSPS) is 41.3. The minimum Gasteiger partial charge on any atom is -0.493 e. The highest BCUT2D eigenvalue weighted by atomic mass is 16.7. The van der Waals surface area contributed by atoms with Crippen LogP contribution in [0.15, 0.2) is 65.3 Å². The van der Waals surface area contributed by atoms with E-state index in [1.165, 1.54) is 0 Å². The first-order chi connectivity index (χ1) is 24.4. The molecular formula is C41H56O10. The van der Waals surface area contributed by atoms with E-state index in [1.807, 2.05) is 30.4 Å². The van der Waals surface area contributed by atoms with Gasteiger partial charge in [-0.25, -0.2) is 0 Å². The quantitative estimate of drug-likeness (QED) is 0.264. The minimum absolute atomic E-state index is 0.0428. The number of esters is 1. The van der Waals surface area contributed by atoms with E-state index in [0.29, 0.717) is 60.9 Å². The van der Waals surface area contributed by atoms with Gasteiger partial charge in [0.1, 0.15) is 29.8 Å². The summed E-state index contributed by atoms with van der Waals surface area (Å²) in [6.07, 6.45) is 10.5. The van der Waals surface area contributed by atoms with E-state index in [1.54, 1.807) is 33.3 Å². The van der Waals surface area contributed by atoms with E-state index in [4.69, 9.17) is 33.2 Å². The molecule has 0 radical (unpaired) electrons. The van der Waals surface area contributed by atoms with Gasteiger partial charge in [-0.3, -0.25) is 4.79 Å². The summed E-state index contributed by atoms with van der Waals surface area (Å²) < 4.78 is 43.5. The second kappa shape index (κ2) is 15.5. The Morgan fingerprint density at radius 2 is 1.82 bits per heavy atom. The maximum atomic E-state index is 14.1. The summed E-state index contributed by atoms with van der Waals surface area (Å²) in [5.41, 5.74) is 1.31. The third-order valence-electron chi connectivity index (χ3n) is 11.6. The van der Waals surface area contributed by atoms with Crippen LogP contribution in [-0.2, 0) is 35.1 Å². The van der Waals surface area contributed by atoms with Crippen molar-refractivity contribution in [3.8, 4) is 11.5 Å². The highest BCUT2D eigenvalue weighted by Crippen LogP contribution is 2.47. The number of fused-ring (bicyclic) bond motifs is 2. The fraction of sp³-hybridized carbons (Fsp3) is 0.634. The van der Waals surface area contributed by atoms with Gasteiger partial charge in [-0.1, -0.05) is 57.2 Å². The zero-order valence-electron chi connectivity index (χ0n) is 31.1. The molecule has 4 aliphatic heterocycles. The number of hydrogen-bond acceptors (Lipinski definition) is 10. The summed E-state index contributed by atoms with van der Waals surface area (Å²) in [4.78, 5) is 14.1. The van der Waals surface area contributed by atoms with Crippen molar-refractivity contribution in [1.29, 1.82) is 0 Å². The highest BCUT2D eigenvalue weighted by molar-refractivity contribution is 5.78. The molecule has 1 spiro atoms. The van der Waals surface area contributed by atoms with Crippen LogP contribution in [0.4, 0.5) is 0 Å². The molecule has 3 fully saturated rings. The second-order valence-electron chi connectivity index (χ2n) is 15.2. The number of rotatable bonds is 6. The SMILES string of the molecule is CC[C@H]1O[C@]2(CC[C@@H]1C)C[C@@H]1C[C@@H](C/C=C(\C)[C@H](OCc3ccc(OC)c(OC)c3)[C@@H](C)/C=C/C=C3\CO[C@@H]4[C@H](O)C(C)=C[C@@H](C(=O)O1)[C@]34O)O2. The molecule has 5 aliphatic rings. The number of ether oxygens (including phenoxy) is 7. The first-order valence-corrected chi connectivity index (χ1v) is 18.5. The summed E-state index contributed by atoms with van der Waals surface area (Å²) >= 11 is 0. The minimum atomic E-state index is -1.77. The van der Waals surface area contributed by atoms with Gasteiger partial charge in [0.15, 0.2) is 17.3 Å². The standard InChI is InChI=1S/C41H56O10/c1-8-33-24(2)16-17-40(51-33)21-31-20-30(50-40)14-12-26(4)37(47-22-28-13-15-34(45-6)35(19-28)46-7)25(3)10-9-11-29-23-48-38-36(42)27(5)18-32(39(43)49-31)41(29,38)44/h9-13,15,18-19,24-25,30-33,36-38,42,44H,8,14,16-17,20-23H2,1-7H3/b10-9+,26-12+,29-11+/t24-,25-,30+,31-,32-,33+,36+,37+,38+,40+,41+/m0/s1. The van der Waals surface area contributed by atoms with Gasteiger partial charge in [0.25, 0.3) is 0 Å². The van der Waals surface area contributed by atoms with Crippen molar-refractivity contribution in [2.24, 2.45) is 17.8 Å². The molecule has 1 aliphatic carbocycles. The van der Waals surface area contributed by atoms with Crippen LogP contribution in [0.2, 0.25) is 0 Å². The van der Waals surface area contributed by atoms with Gasteiger partial charge in [-0.2, -0.15) is 0 Å². The molecule has 1 aromatic rings. The van der Waals surface area contributed by atoms with Crippen LogP contribution < -0.4 is 9.47 Å². The van der Waals surface area contributed by atoms with Crippen LogP contribution in [-0.4, -0.2) is 85.0 Å². The average molecular weight is 709 g/mol. The Labute approximate surface area is 302 Å². The molecule has 10 heteroatoms. The molecule has 1 aromatic carbocycles. The monoisotopic (exact) mass is 708 g/mol. The van der Waals surface area contributed by atoms with Gasteiger partial charge in [0.2, 0.25) is 0 Å². The van der Waals surface area contributed by atoms with E-state index >= 15 is 0 Å². The van der Waals surface area contributed by atoms with Crippen molar-refractivity contribution in [2.75, 3.05) is 20.8 Å². The maximum Gasteiger partial charge on any atom is 0.316 e. The van der Waals surface area contributed by atoms with Gasteiger partial charge in [0, 0.05) is 25.2 Å². The summed E-state index contributed by atoms with van der Waals surface area (Å²) in [6.45, 7) is 10.7. The van der Waals surface area contributed by atoms with Crippen LogP contribution in [0.3, 0.4) is 0 Å². The van der Waals surface area contributed by atoms with Crippen LogP contribution in [0.25, 0.3) is 0 Å². The average Bonchev–Trinajstić information content (AvgIpc) is 3.46. The predicted molar refractivity (Wildman–Crippen MR) is 191 cm³/mol. The Morgan fingerprint density at radius 1 is 1.04 bits per heavy atom. The topological polar surface area (TPSA) is 122 Å². The van der Waals surface area contributed by atoms with Gasteiger partial charge in [-0.05, 0) is 73.4 Å². The fourth-order valence-electron chi connectivity index (χ4n) is 8.61. The van der Waals surface area contributed by atoms with Crippen molar-refractivity contribution < 1.29 is 48.2 Å². The summed E-state index contributed by atoms with van der Waals surface area (Å²) in [6, 6.07) is 5.76. The Bertz CT molecular complexity index is 1550. The van der Waals surface area contributed by atoms with Crippen molar-refractivity contribution in [1.82, 2.24) is 0 Å². The molecule has 10 nitrogen and oxygen atoms in total. The number of benzene rings is 1. The lowest BCUT2D eigenvalue weighted by Crippen LogP contribution is -2.58. The van der Waals surface area contributed by atoms with Crippen LogP contribution in [0, 0.1) is 17.8 Å². The molecule has 0 amide bonds. The van der Waals surface area contributed by atoms with Gasteiger partial charge >= 0.3 is 5.97 Å². The largest absolute Gasteiger partial charge is 0.493 e. The number of allylic oxidation sites excluding steroid dienone is 2. The Morgan fingerprint density at radius 3 is 2.57 bits per heavy atom. The molecule has 2 N–H and O–H groups in total. The Kier molecular flexibility index (Phi) is 11.5. The molecule has 280 valence electrons. The van der Waals surface area contributed by atoms with E-state index in [0.717, 1.165) is 24.0 Å². The number of carbonyl (C=O) groups is 1. The van der Waals surface area contributed by atoms with Crippen LogP contribution >= 0.6 is 0 Å². The van der Waals surface area contributed by atoms with E-state index in [9.17, 15) is 15.0 Å². The molecule has 6 rings (SSSR count). The second-order valence-corrected chi connectivity index (χ2v) is 15.2. The summed E-state index contributed by atoms with van der Waals surface area (Å²) in [5.74, 6) is -0.842. The van der Waals surface area contributed by atoms with E-state index < -0.39 is 41.6 Å². The predicted octanol–water partition coefficient (Wildman–Crippen LogP) is 6.14. The van der Waals surface area contributed by atoms with Crippen molar-refractivity contribution in [3.05, 3.63) is 70.9 Å². The number of methoxy groups -OCH3 is 2. The van der Waals surface area contributed by atoms with Gasteiger partial charge in [0.05, 0.1) is 45.7 Å². The molecule has 3 saturated heterocycles. The number of hydrogen-bond donors (Lipinski definition) is 2. The molecule has 4 heterocycles. The molecular weight excluding hydrogens is 652 g/mol. The van der Waals surface area contributed by atoms with Crippen molar-refractivity contribution in [3.63, 3.8) is 0 Å². The lowest BCUT2D eigenvalue weighted by Gasteiger charge is -2.50. The molecule has 51 heavy (non-hydrogen) atoms. The highest BCUT2D eigenvalue weighted by Gasteiger charge is 2.60. The lowest BCUT2D eigenvalue weighted by molar-refractivity contribution is -0.335. The fourth-order valence-corrected chi connectivity index (χ4v) is 8.61. The van der Waals surface area contributed by atoms with Crippen molar-refractivity contribution in [2.45, 2.75) is 128 Å². The molecule has 11 atom stereocenters. The first kappa shape index (κ1) is 37.8. The van der Waals surface area contributed by atoms with Gasteiger partial charge < -0.3 is 43.4 Å². The molecule has 0 aromatic heterocycles. The molecule has 0 saturated carbocycles. The third kappa shape index (κ3) is 7.59. The number of aliphatic hydroxyl groups excluding tert-OH is 1. The zero-order chi connectivity index (χ0) is 36.5. The first-order valence-electron chi connectivity index (χ1n) is 18.5. The summed E-state index contributed by atoms with van der Waals surface area (Å²) in [5, 5.41) is 23.4. The van der Waals surface area contributed by atoms with Crippen LogP contribution in [0.5, 0.6) is 11.5 Å². The number of aliphatic hydroxyl groups is 2. The van der Waals surface area contributed by atoms with Gasteiger partial charge in [-0.15, -0.1) is 0 Å². The lowest BCUT2D eigenvalue weighted by atomic mass is 9.71. The molecule has 2 bridgehead atoms. The van der Waals surface area contributed by atoms with Crippen LogP contribution in [0.1, 0.15) is 78.7 Å². The smallest absolute Gasteiger partial charge is 0.316 e. The Hall–Kier alpha value is -2.99. The molecule has 0 unspecified atom stereocenters. The van der Waals surface area contributed by atoms with Crippen molar-refractivity contribution >= 4 is 5.97 Å². The summed E-state index contributed by atoms with van der Waals surface area (Å²) in [7, 11) is 3.23. The zero-order valence-corrected chi connectivity index (χ0v) is 31.1. The van der Waals surface area contributed by atoms with E-state index in [-0.39, 0.29) is 30.8 Å². The van der Waals surface area contributed by atoms with E-state index in [2.05, 4.69) is 33.8 Å². The number of carbonyl (C=O) groups excluding carboxylic acids is 1. The third-order valence-corrected chi connectivity index (χ3v) is 11.6. The maximum absolute atomic E-state index is 14.1.